The Balaban J connectivity index is 1.41. The number of anilines is 3. The molecule has 34 heavy (non-hydrogen) atoms. The van der Waals surface area contributed by atoms with Gasteiger partial charge in [-0.05, 0) is 30.3 Å². The molecule has 0 saturated carbocycles. The second kappa shape index (κ2) is 9.68. The molecular weight excluding hydrogens is 432 g/mol. The number of hydrogen-bond acceptors (Lipinski definition) is 8. The number of fused-ring (bicyclic) bond motifs is 1. The molecule has 2 N–H and O–H groups in total. The molecule has 0 aliphatic carbocycles. The van der Waals surface area contributed by atoms with E-state index in [-0.39, 0.29) is 0 Å². The molecule has 1 aliphatic heterocycles. The summed E-state index contributed by atoms with van der Waals surface area (Å²) in [5.74, 6) is 1.97. The van der Waals surface area contributed by atoms with Gasteiger partial charge in [0.05, 0.1) is 37.7 Å². The molecule has 0 bridgehead atoms. The second-order valence-electron chi connectivity index (χ2n) is 7.79. The lowest BCUT2D eigenvalue weighted by molar-refractivity contribution is 0.122. The Labute approximate surface area is 196 Å². The van der Waals surface area contributed by atoms with Gasteiger partial charge in [-0.25, -0.2) is 4.98 Å². The summed E-state index contributed by atoms with van der Waals surface area (Å²) in [5, 5.41) is 13.3. The Morgan fingerprint density at radius 1 is 1.18 bits per heavy atom. The molecule has 2 aromatic carbocycles. The van der Waals surface area contributed by atoms with Gasteiger partial charge in [-0.15, -0.1) is 0 Å². The van der Waals surface area contributed by atoms with Gasteiger partial charge in [0.15, 0.2) is 11.5 Å². The van der Waals surface area contributed by atoms with Crippen LogP contribution in [-0.2, 0) is 11.3 Å². The molecule has 0 spiro atoms. The maximum absolute atomic E-state index is 9.96. The van der Waals surface area contributed by atoms with Gasteiger partial charge < -0.3 is 29.4 Å². The van der Waals surface area contributed by atoms with Crippen LogP contribution in [0.3, 0.4) is 0 Å². The molecular formula is C25H24N6O3. The Morgan fingerprint density at radius 3 is 2.82 bits per heavy atom. The average molecular weight is 457 g/mol. The minimum absolute atomic E-state index is 0.431. The normalized spacial score (nSPS) is 13.5. The number of rotatable bonds is 7. The predicted octanol–water partition coefficient (Wildman–Crippen LogP) is 4.00. The number of aromatic amines is 1. The molecule has 172 valence electrons. The summed E-state index contributed by atoms with van der Waals surface area (Å²) < 4.78 is 16.8. The standard InChI is InChI=1S/C25H24N6O3/c1-32-23-12-18(2-5-22(23)34-16-17-6-7-27-14-17)29-20-3-4-21-25(19(20)13-26)30-24(15-28-21)31-8-10-33-11-9-31/h2-7,12,14-15,27,29H,8-11,16H2,1H3. The third kappa shape index (κ3) is 4.44. The monoisotopic (exact) mass is 456 g/mol. The van der Waals surface area contributed by atoms with Crippen molar-refractivity contribution >= 4 is 28.2 Å². The highest BCUT2D eigenvalue weighted by Gasteiger charge is 2.17. The van der Waals surface area contributed by atoms with Crippen molar-refractivity contribution in [2.24, 2.45) is 0 Å². The first-order chi connectivity index (χ1) is 16.7. The van der Waals surface area contributed by atoms with E-state index in [1.54, 1.807) is 13.3 Å². The van der Waals surface area contributed by atoms with Gasteiger partial charge in [0, 0.05) is 42.8 Å². The van der Waals surface area contributed by atoms with Gasteiger partial charge in [-0.3, -0.25) is 4.98 Å². The van der Waals surface area contributed by atoms with Crippen molar-refractivity contribution in [3.05, 3.63) is 66.1 Å². The molecule has 4 aromatic rings. The summed E-state index contributed by atoms with van der Waals surface area (Å²) in [5.41, 5.74) is 4.12. The minimum Gasteiger partial charge on any atom is -0.493 e. The van der Waals surface area contributed by atoms with E-state index in [0.717, 1.165) is 30.2 Å². The summed E-state index contributed by atoms with van der Waals surface area (Å²) in [4.78, 5) is 14.4. The largest absolute Gasteiger partial charge is 0.493 e. The number of nitrogens with zero attached hydrogens (tertiary/aromatic N) is 4. The summed E-state index contributed by atoms with van der Waals surface area (Å²) in [7, 11) is 1.60. The van der Waals surface area contributed by atoms with Crippen molar-refractivity contribution < 1.29 is 14.2 Å². The summed E-state index contributed by atoms with van der Waals surface area (Å²) in [6, 6.07) is 13.5. The Hall–Kier alpha value is -4.29. The van der Waals surface area contributed by atoms with E-state index in [1.807, 2.05) is 48.8 Å². The summed E-state index contributed by atoms with van der Waals surface area (Å²) in [6.45, 7) is 3.23. The zero-order chi connectivity index (χ0) is 23.3. The molecule has 0 amide bonds. The molecule has 1 saturated heterocycles. The highest BCUT2D eigenvalue weighted by molar-refractivity contribution is 5.89. The van der Waals surface area contributed by atoms with Gasteiger partial charge in [0.25, 0.3) is 0 Å². The van der Waals surface area contributed by atoms with Gasteiger partial charge in [0.1, 0.15) is 29.6 Å². The molecule has 0 unspecified atom stereocenters. The first-order valence-electron chi connectivity index (χ1n) is 11.0. The van der Waals surface area contributed by atoms with Crippen molar-refractivity contribution in [2.45, 2.75) is 6.61 Å². The first kappa shape index (κ1) is 21.6. The van der Waals surface area contributed by atoms with E-state index in [4.69, 9.17) is 19.2 Å². The van der Waals surface area contributed by atoms with E-state index in [9.17, 15) is 5.26 Å². The fraction of sp³-hybridized carbons (Fsp3) is 0.240. The van der Waals surface area contributed by atoms with E-state index >= 15 is 0 Å². The quantitative estimate of drug-likeness (QED) is 0.430. The number of methoxy groups -OCH3 is 1. The number of H-pyrrole nitrogens is 1. The smallest absolute Gasteiger partial charge is 0.162 e. The van der Waals surface area contributed by atoms with Crippen molar-refractivity contribution in [1.29, 1.82) is 5.26 Å². The number of morpholine rings is 1. The molecule has 0 radical (unpaired) electrons. The van der Waals surface area contributed by atoms with Crippen LogP contribution in [-0.4, -0.2) is 48.4 Å². The van der Waals surface area contributed by atoms with Crippen LogP contribution in [0.5, 0.6) is 11.5 Å². The topological polar surface area (TPSA) is 108 Å². The maximum atomic E-state index is 9.96. The number of nitriles is 1. The number of nitrogens with one attached hydrogen (secondary N) is 2. The number of aromatic nitrogens is 3. The lowest BCUT2D eigenvalue weighted by atomic mass is 10.1. The highest BCUT2D eigenvalue weighted by Crippen LogP contribution is 2.34. The lowest BCUT2D eigenvalue weighted by Crippen LogP contribution is -2.36. The van der Waals surface area contributed by atoms with Crippen LogP contribution in [0.2, 0.25) is 0 Å². The lowest BCUT2D eigenvalue weighted by Gasteiger charge is -2.27. The first-order valence-corrected chi connectivity index (χ1v) is 11.0. The van der Waals surface area contributed by atoms with Crippen molar-refractivity contribution in [2.75, 3.05) is 43.6 Å². The minimum atomic E-state index is 0.431. The Bertz CT molecular complexity index is 1330. The summed E-state index contributed by atoms with van der Waals surface area (Å²) in [6.07, 6.45) is 5.49. The number of hydrogen-bond donors (Lipinski definition) is 2. The van der Waals surface area contributed by atoms with E-state index in [2.05, 4.69) is 26.3 Å². The van der Waals surface area contributed by atoms with Crippen molar-refractivity contribution in [3.63, 3.8) is 0 Å². The van der Waals surface area contributed by atoms with E-state index in [1.165, 1.54) is 0 Å². The van der Waals surface area contributed by atoms with Crippen LogP contribution in [0.25, 0.3) is 11.0 Å². The third-order valence-electron chi connectivity index (χ3n) is 5.65. The fourth-order valence-corrected chi connectivity index (χ4v) is 3.86. The Kier molecular flexibility index (Phi) is 6.14. The van der Waals surface area contributed by atoms with Gasteiger partial charge in [-0.2, -0.15) is 5.26 Å². The SMILES string of the molecule is COc1cc(Nc2ccc3ncc(N4CCOCC4)nc3c2C#N)ccc1OCc1cc[nH]c1. The van der Waals surface area contributed by atoms with Crippen LogP contribution in [0.15, 0.2) is 55.0 Å². The van der Waals surface area contributed by atoms with Crippen molar-refractivity contribution in [3.8, 4) is 17.6 Å². The van der Waals surface area contributed by atoms with Crippen molar-refractivity contribution in [1.82, 2.24) is 15.0 Å². The van der Waals surface area contributed by atoms with Crippen LogP contribution in [0, 0.1) is 11.3 Å². The fourth-order valence-electron chi connectivity index (χ4n) is 3.86. The van der Waals surface area contributed by atoms with Gasteiger partial charge in [-0.1, -0.05) is 0 Å². The van der Waals surface area contributed by atoms with Crippen LogP contribution in [0.4, 0.5) is 17.2 Å². The van der Waals surface area contributed by atoms with Crippen LogP contribution >= 0.6 is 0 Å². The predicted molar refractivity (Wildman–Crippen MR) is 129 cm³/mol. The zero-order valence-electron chi connectivity index (χ0n) is 18.7. The number of ether oxygens (including phenoxy) is 3. The summed E-state index contributed by atoms with van der Waals surface area (Å²) >= 11 is 0. The molecule has 3 heterocycles. The molecule has 9 heteroatoms. The molecule has 1 fully saturated rings. The second-order valence-corrected chi connectivity index (χ2v) is 7.79. The molecule has 1 aliphatic rings. The third-order valence-corrected chi connectivity index (χ3v) is 5.65. The zero-order valence-corrected chi connectivity index (χ0v) is 18.7. The molecule has 9 nitrogen and oxygen atoms in total. The Morgan fingerprint density at radius 2 is 2.06 bits per heavy atom. The average Bonchev–Trinajstić information content (AvgIpc) is 3.41. The van der Waals surface area contributed by atoms with Crippen LogP contribution in [0.1, 0.15) is 11.1 Å². The molecule has 5 rings (SSSR count). The maximum Gasteiger partial charge on any atom is 0.162 e. The van der Waals surface area contributed by atoms with E-state index < -0.39 is 0 Å². The molecule has 0 atom stereocenters. The van der Waals surface area contributed by atoms with Crippen LogP contribution < -0.4 is 19.7 Å². The van der Waals surface area contributed by atoms with Gasteiger partial charge >= 0.3 is 0 Å². The van der Waals surface area contributed by atoms with Gasteiger partial charge in [0.2, 0.25) is 0 Å². The van der Waals surface area contributed by atoms with E-state index in [0.29, 0.717) is 53.6 Å². The highest BCUT2D eigenvalue weighted by atomic mass is 16.5. The molecule has 2 aromatic heterocycles. The number of benzene rings is 2.